The van der Waals surface area contributed by atoms with E-state index in [1.165, 1.54) is 0 Å². The molecule has 0 aromatic heterocycles. The molecule has 0 amide bonds. The van der Waals surface area contributed by atoms with Gasteiger partial charge in [0.2, 0.25) is 0 Å². The Balaban J connectivity index is 4.25. The van der Waals surface area contributed by atoms with E-state index in [1.807, 2.05) is 0 Å². The van der Waals surface area contributed by atoms with Crippen LogP contribution in [0, 0.1) is 11.3 Å². The second-order valence-electron chi connectivity index (χ2n) is 5.40. The first kappa shape index (κ1) is 13.0. The Morgan fingerprint density at radius 1 is 1.08 bits per heavy atom. The molecule has 0 spiro atoms. The van der Waals surface area contributed by atoms with E-state index in [9.17, 15) is 5.11 Å². The van der Waals surface area contributed by atoms with Gasteiger partial charge in [0.15, 0.2) is 0 Å². The van der Waals surface area contributed by atoms with Crippen molar-refractivity contribution in [1.82, 2.24) is 0 Å². The van der Waals surface area contributed by atoms with Crippen LogP contribution in [0.3, 0.4) is 0 Å². The summed E-state index contributed by atoms with van der Waals surface area (Å²) in [5, 5.41) is 10.2. The predicted octanol–water partition coefficient (Wildman–Crippen LogP) is 3.61. The topological polar surface area (TPSA) is 20.2 Å². The summed E-state index contributed by atoms with van der Waals surface area (Å²) in [6.45, 7) is 13.1. The van der Waals surface area contributed by atoms with E-state index >= 15 is 0 Å². The monoisotopic (exact) mass is 186 g/mol. The second kappa shape index (κ2) is 4.45. The third kappa shape index (κ3) is 4.12. The van der Waals surface area contributed by atoms with Crippen molar-refractivity contribution in [1.29, 1.82) is 0 Å². The van der Waals surface area contributed by atoms with Gasteiger partial charge < -0.3 is 5.11 Å². The van der Waals surface area contributed by atoms with Gasteiger partial charge in [-0.15, -0.1) is 0 Å². The number of rotatable bonds is 4. The van der Waals surface area contributed by atoms with E-state index in [1.54, 1.807) is 0 Å². The fraction of sp³-hybridized carbons (Fsp3) is 1.00. The number of hydrogen-bond acceptors (Lipinski definition) is 1. The van der Waals surface area contributed by atoms with E-state index in [2.05, 4.69) is 41.5 Å². The molecule has 0 radical (unpaired) electrons. The van der Waals surface area contributed by atoms with E-state index < -0.39 is 5.60 Å². The molecule has 0 aliphatic carbocycles. The van der Waals surface area contributed by atoms with Gasteiger partial charge in [-0.2, -0.15) is 0 Å². The van der Waals surface area contributed by atoms with E-state index in [0.29, 0.717) is 11.3 Å². The molecule has 0 aliphatic heterocycles. The summed E-state index contributed by atoms with van der Waals surface area (Å²) in [6, 6.07) is 0. The zero-order valence-electron chi connectivity index (χ0n) is 10.1. The van der Waals surface area contributed by atoms with Gasteiger partial charge in [0.1, 0.15) is 0 Å². The second-order valence-corrected chi connectivity index (χ2v) is 5.40. The molecule has 0 heterocycles. The van der Waals surface area contributed by atoms with Crippen LogP contribution in [0.15, 0.2) is 0 Å². The highest BCUT2D eigenvalue weighted by Crippen LogP contribution is 2.34. The summed E-state index contributed by atoms with van der Waals surface area (Å²) in [6.07, 6.45) is 2.65. The number of aliphatic hydroxyl groups is 1. The van der Waals surface area contributed by atoms with Gasteiger partial charge in [0.25, 0.3) is 0 Å². The van der Waals surface area contributed by atoms with Gasteiger partial charge in [-0.25, -0.2) is 0 Å². The van der Waals surface area contributed by atoms with Crippen molar-refractivity contribution in [3.05, 3.63) is 0 Å². The molecular weight excluding hydrogens is 160 g/mol. The van der Waals surface area contributed by atoms with Crippen molar-refractivity contribution in [2.24, 2.45) is 11.3 Å². The lowest BCUT2D eigenvalue weighted by Gasteiger charge is -2.35. The Hall–Kier alpha value is -0.0400. The molecule has 0 saturated heterocycles. The molecule has 0 fully saturated rings. The minimum absolute atomic E-state index is 0.304. The highest BCUT2D eigenvalue weighted by Gasteiger charge is 2.30. The highest BCUT2D eigenvalue weighted by atomic mass is 16.3. The first-order valence-corrected chi connectivity index (χ1v) is 5.47. The molecular formula is C12H26O. The maximum Gasteiger partial charge on any atom is 0.0645 e. The van der Waals surface area contributed by atoms with Crippen molar-refractivity contribution in [2.45, 2.75) is 66.4 Å². The Bertz CT molecular complexity index is 140. The Morgan fingerprint density at radius 2 is 1.46 bits per heavy atom. The van der Waals surface area contributed by atoms with Crippen molar-refractivity contribution in [2.75, 3.05) is 0 Å². The SMILES string of the molecule is CCC(O)(CC)C[C@H](C)C(C)(C)C. The van der Waals surface area contributed by atoms with Crippen molar-refractivity contribution < 1.29 is 5.11 Å². The predicted molar refractivity (Wildman–Crippen MR) is 58.8 cm³/mol. The average Bonchev–Trinajstić information content (AvgIpc) is 2.02. The van der Waals surface area contributed by atoms with Crippen molar-refractivity contribution >= 4 is 0 Å². The summed E-state index contributed by atoms with van der Waals surface area (Å²) in [7, 11) is 0. The van der Waals surface area contributed by atoms with Gasteiger partial charge in [-0.3, -0.25) is 0 Å². The summed E-state index contributed by atoms with van der Waals surface area (Å²) < 4.78 is 0. The maximum absolute atomic E-state index is 10.2. The van der Waals surface area contributed by atoms with Crippen molar-refractivity contribution in [3.63, 3.8) is 0 Å². The molecule has 0 bridgehead atoms. The Morgan fingerprint density at radius 3 is 1.69 bits per heavy atom. The van der Waals surface area contributed by atoms with Gasteiger partial charge in [0.05, 0.1) is 5.60 Å². The lowest BCUT2D eigenvalue weighted by Crippen LogP contribution is -2.33. The first-order valence-electron chi connectivity index (χ1n) is 5.47. The van der Waals surface area contributed by atoms with Gasteiger partial charge in [-0.05, 0) is 30.6 Å². The highest BCUT2D eigenvalue weighted by molar-refractivity contribution is 4.82. The molecule has 80 valence electrons. The minimum Gasteiger partial charge on any atom is -0.390 e. The Kier molecular flexibility index (Phi) is 4.44. The van der Waals surface area contributed by atoms with Crippen LogP contribution in [-0.4, -0.2) is 10.7 Å². The fourth-order valence-corrected chi connectivity index (χ4v) is 1.41. The van der Waals surface area contributed by atoms with Crippen LogP contribution < -0.4 is 0 Å². The van der Waals surface area contributed by atoms with Gasteiger partial charge >= 0.3 is 0 Å². The third-order valence-corrected chi connectivity index (χ3v) is 3.48. The first-order chi connectivity index (χ1) is 5.75. The summed E-state index contributed by atoms with van der Waals surface area (Å²) >= 11 is 0. The average molecular weight is 186 g/mol. The fourth-order valence-electron chi connectivity index (χ4n) is 1.41. The van der Waals surface area contributed by atoms with Crippen LogP contribution >= 0.6 is 0 Å². The van der Waals surface area contributed by atoms with E-state index in [-0.39, 0.29) is 0 Å². The van der Waals surface area contributed by atoms with Gasteiger partial charge in [-0.1, -0.05) is 41.5 Å². The standard InChI is InChI=1S/C12H26O/c1-7-12(13,8-2)9-10(3)11(4,5)6/h10,13H,7-9H2,1-6H3/t10-/m0/s1. The van der Waals surface area contributed by atoms with Crippen LogP contribution in [0.1, 0.15) is 60.8 Å². The lowest BCUT2D eigenvalue weighted by atomic mass is 9.74. The van der Waals surface area contributed by atoms with Crippen LogP contribution in [0.25, 0.3) is 0 Å². The number of hydrogen-bond donors (Lipinski definition) is 1. The quantitative estimate of drug-likeness (QED) is 0.711. The molecule has 1 atom stereocenters. The third-order valence-electron chi connectivity index (χ3n) is 3.48. The zero-order chi connectivity index (χ0) is 10.7. The largest absolute Gasteiger partial charge is 0.390 e. The smallest absolute Gasteiger partial charge is 0.0645 e. The van der Waals surface area contributed by atoms with Crippen LogP contribution in [0.5, 0.6) is 0 Å². The molecule has 13 heavy (non-hydrogen) atoms. The molecule has 1 heteroatoms. The molecule has 0 aromatic rings. The van der Waals surface area contributed by atoms with Crippen LogP contribution in [0.2, 0.25) is 0 Å². The van der Waals surface area contributed by atoms with Crippen LogP contribution in [0.4, 0.5) is 0 Å². The summed E-state index contributed by atoms with van der Waals surface area (Å²) in [5.41, 5.74) is -0.134. The molecule has 1 N–H and O–H groups in total. The summed E-state index contributed by atoms with van der Waals surface area (Å²) in [4.78, 5) is 0. The Labute approximate surface area is 83.5 Å². The molecule has 0 rings (SSSR count). The molecule has 0 aliphatic rings. The minimum atomic E-state index is -0.438. The van der Waals surface area contributed by atoms with Crippen molar-refractivity contribution in [3.8, 4) is 0 Å². The van der Waals surface area contributed by atoms with E-state index in [4.69, 9.17) is 0 Å². The normalized spacial score (nSPS) is 15.9. The van der Waals surface area contributed by atoms with Crippen LogP contribution in [-0.2, 0) is 0 Å². The maximum atomic E-state index is 10.2. The lowest BCUT2D eigenvalue weighted by molar-refractivity contribution is -0.00587. The molecule has 0 unspecified atom stereocenters. The molecule has 0 aromatic carbocycles. The summed E-state index contributed by atoms with van der Waals surface area (Å²) in [5.74, 6) is 0.567. The van der Waals surface area contributed by atoms with E-state index in [0.717, 1.165) is 19.3 Å². The van der Waals surface area contributed by atoms with Gasteiger partial charge in [0, 0.05) is 0 Å². The zero-order valence-corrected chi connectivity index (χ0v) is 10.1. The molecule has 0 saturated carbocycles. The molecule has 1 nitrogen and oxygen atoms in total.